The van der Waals surface area contributed by atoms with E-state index < -0.39 is 23.8 Å². The van der Waals surface area contributed by atoms with Gasteiger partial charge in [-0.1, -0.05) is 19.8 Å². The first kappa shape index (κ1) is 19.3. The molecule has 0 aliphatic heterocycles. The lowest BCUT2D eigenvalue weighted by atomic mass is 9.86. The lowest BCUT2D eigenvalue weighted by Crippen LogP contribution is -2.45. The van der Waals surface area contributed by atoms with Gasteiger partial charge < -0.3 is 10.1 Å². The topological polar surface area (TPSA) is 55.4 Å². The van der Waals surface area contributed by atoms with Crippen molar-refractivity contribution in [1.82, 2.24) is 5.32 Å². The van der Waals surface area contributed by atoms with Gasteiger partial charge in [-0.25, -0.2) is 4.79 Å². The van der Waals surface area contributed by atoms with Gasteiger partial charge in [0.15, 0.2) is 6.10 Å². The Kier molecular flexibility index (Phi) is 6.08. The zero-order chi connectivity index (χ0) is 18.6. The van der Waals surface area contributed by atoms with Crippen molar-refractivity contribution in [1.29, 1.82) is 0 Å². The Morgan fingerprint density at radius 3 is 2.32 bits per heavy atom. The number of alkyl halides is 3. The van der Waals surface area contributed by atoms with Crippen molar-refractivity contribution in [2.24, 2.45) is 5.92 Å². The van der Waals surface area contributed by atoms with Gasteiger partial charge in [0.2, 0.25) is 0 Å². The van der Waals surface area contributed by atoms with E-state index in [9.17, 15) is 22.8 Å². The Bertz CT molecular complexity index is 613. The molecule has 0 unspecified atom stereocenters. The summed E-state index contributed by atoms with van der Waals surface area (Å²) in [6.45, 7) is 3.52. The zero-order valence-corrected chi connectivity index (χ0v) is 14.2. The zero-order valence-electron chi connectivity index (χ0n) is 14.2. The molecule has 0 saturated heterocycles. The predicted molar refractivity (Wildman–Crippen MR) is 85.9 cm³/mol. The number of nitrogens with one attached hydrogen (secondary N) is 1. The van der Waals surface area contributed by atoms with E-state index in [1.54, 1.807) is 0 Å². The summed E-state index contributed by atoms with van der Waals surface area (Å²) < 4.78 is 42.6. The molecular weight excluding hydrogens is 335 g/mol. The summed E-state index contributed by atoms with van der Waals surface area (Å²) >= 11 is 0. The Labute approximate surface area is 144 Å². The van der Waals surface area contributed by atoms with Crippen molar-refractivity contribution in [3.8, 4) is 0 Å². The van der Waals surface area contributed by atoms with Crippen molar-refractivity contribution in [2.45, 2.75) is 57.9 Å². The summed E-state index contributed by atoms with van der Waals surface area (Å²) in [6, 6.07) is 3.77. The first-order valence-corrected chi connectivity index (χ1v) is 8.37. The molecule has 0 heterocycles. The van der Waals surface area contributed by atoms with E-state index in [2.05, 4.69) is 12.2 Å². The summed E-state index contributed by atoms with van der Waals surface area (Å²) in [7, 11) is 0. The van der Waals surface area contributed by atoms with Crippen molar-refractivity contribution in [2.75, 3.05) is 0 Å². The highest BCUT2D eigenvalue weighted by Crippen LogP contribution is 2.29. The molecule has 3 atom stereocenters. The molecule has 7 heteroatoms. The number of carbonyl (C=O) groups is 2. The molecule has 1 aromatic rings. The lowest BCUT2D eigenvalue weighted by molar-refractivity contribution is -0.137. The van der Waals surface area contributed by atoms with Crippen LogP contribution in [-0.2, 0) is 15.7 Å². The number of carbonyl (C=O) groups excluding carboxylic acids is 2. The number of benzene rings is 1. The molecule has 0 spiro atoms. The molecule has 138 valence electrons. The number of rotatable bonds is 4. The highest BCUT2D eigenvalue weighted by molar-refractivity contribution is 5.92. The maximum absolute atomic E-state index is 12.5. The van der Waals surface area contributed by atoms with Gasteiger partial charge in [0.05, 0.1) is 11.1 Å². The van der Waals surface area contributed by atoms with E-state index in [0.29, 0.717) is 5.92 Å². The fraction of sp³-hybridized carbons (Fsp3) is 0.556. The van der Waals surface area contributed by atoms with Gasteiger partial charge in [0, 0.05) is 6.04 Å². The smallest absolute Gasteiger partial charge is 0.416 e. The number of hydrogen-bond acceptors (Lipinski definition) is 3. The maximum atomic E-state index is 12.5. The van der Waals surface area contributed by atoms with Gasteiger partial charge in [0.25, 0.3) is 5.91 Å². The largest absolute Gasteiger partial charge is 0.449 e. The lowest BCUT2D eigenvalue weighted by Gasteiger charge is -2.30. The number of ether oxygens (including phenoxy) is 1. The van der Waals surface area contributed by atoms with E-state index in [1.165, 1.54) is 6.92 Å². The van der Waals surface area contributed by atoms with Gasteiger partial charge in [0.1, 0.15) is 0 Å². The van der Waals surface area contributed by atoms with E-state index in [-0.39, 0.29) is 17.5 Å². The standard InChI is InChI=1S/C18H22F3NO3/c1-11-5-3-4-6-15(11)22-16(23)12(2)25-17(24)13-7-9-14(10-8-13)18(19,20)21/h7-12,15H,3-6H2,1-2H3,(H,22,23)/t11-,12-,15+/m1/s1. The van der Waals surface area contributed by atoms with Gasteiger partial charge in [-0.05, 0) is 49.9 Å². The quantitative estimate of drug-likeness (QED) is 0.831. The Morgan fingerprint density at radius 1 is 1.16 bits per heavy atom. The Hall–Kier alpha value is -2.05. The van der Waals surface area contributed by atoms with Crippen LogP contribution in [0, 0.1) is 5.92 Å². The summed E-state index contributed by atoms with van der Waals surface area (Å²) in [5.74, 6) is -0.845. The summed E-state index contributed by atoms with van der Waals surface area (Å²) in [4.78, 5) is 24.2. The predicted octanol–water partition coefficient (Wildman–Crippen LogP) is 3.95. The normalized spacial score (nSPS) is 22.1. The SMILES string of the molecule is C[C@@H]1CCCC[C@@H]1NC(=O)[C@@H](C)OC(=O)c1ccc(C(F)(F)F)cc1. The van der Waals surface area contributed by atoms with Crippen molar-refractivity contribution < 1.29 is 27.5 Å². The van der Waals surface area contributed by atoms with E-state index >= 15 is 0 Å². The minimum Gasteiger partial charge on any atom is -0.449 e. The first-order valence-electron chi connectivity index (χ1n) is 8.37. The molecule has 1 N–H and O–H groups in total. The molecule has 1 aliphatic carbocycles. The Balaban J connectivity index is 1.91. The molecule has 1 aliphatic rings. The van der Waals surface area contributed by atoms with Gasteiger partial charge in [-0.15, -0.1) is 0 Å². The van der Waals surface area contributed by atoms with Gasteiger partial charge in [-0.3, -0.25) is 4.79 Å². The molecule has 0 bridgehead atoms. The molecule has 0 aromatic heterocycles. The fourth-order valence-electron chi connectivity index (χ4n) is 2.91. The fourth-order valence-corrected chi connectivity index (χ4v) is 2.91. The number of hydrogen-bond donors (Lipinski definition) is 1. The second-order valence-corrected chi connectivity index (χ2v) is 6.50. The highest BCUT2D eigenvalue weighted by atomic mass is 19.4. The molecule has 25 heavy (non-hydrogen) atoms. The second-order valence-electron chi connectivity index (χ2n) is 6.50. The molecule has 0 radical (unpaired) electrons. The minimum atomic E-state index is -4.47. The first-order chi connectivity index (χ1) is 11.7. The van der Waals surface area contributed by atoms with Crippen LogP contribution in [0.15, 0.2) is 24.3 Å². The van der Waals surface area contributed by atoms with Crippen molar-refractivity contribution in [3.63, 3.8) is 0 Å². The van der Waals surface area contributed by atoms with Gasteiger partial charge in [-0.2, -0.15) is 13.2 Å². The molecule has 1 saturated carbocycles. The highest BCUT2D eigenvalue weighted by Gasteiger charge is 2.31. The third-order valence-corrected chi connectivity index (χ3v) is 4.54. The number of amides is 1. The summed E-state index contributed by atoms with van der Waals surface area (Å²) in [5, 5.41) is 2.89. The molecular formula is C18H22F3NO3. The van der Waals surface area contributed by atoms with Crippen molar-refractivity contribution >= 4 is 11.9 Å². The van der Waals surface area contributed by atoms with Crippen LogP contribution in [0.4, 0.5) is 13.2 Å². The Morgan fingerprint density at radius 2 is 1.76 bits per heavy atom. The van der Waals surface area contributed by atoms with Crippen LogP contribution >= 0.6 is 0 Å². The van der Waals surface area contributed by atoms with Crippen LogP contribution in [0.5, 0.6) is 0 Å². The molecule has 1 fully saturated rings. The van der Waals surface area contributed by atoms with Crippen LogP contribution in [0.3, 0.4) is 0 Å². The average Bonchev–Trinajstić information content (AvgIpc) is 2.56. The third-order valence-electron chi connectivity index (χ3n) is 4.54. The minimum absolute atomic E-state index is 0.0290. The average molecular weight is 357 g/mol. The van der Waals surface area contributed by atoms with Crippen LogP contribution in [0.2, 0.25) is 0 Å². The third kappa shape index (κ3) is 5.21. The van der Waals surface area contributed by atoms with E-state index in [1.807, 2.05) is 0 Å². The summed E-state index contributed by atoms with van der Waals surface area (Å²) in [5.41, 5.74) is -0.875. The van der Waals surface area contributed by atoms with Crippen LogP contribution in [-0.4, -0.2) is 24.0 Å². The van der Waals surface area contributed by atoms with Crippen LogP contribution in [0.1, 0.15) is 55.5 Å². The monoisotopic (exact) mass is 357 g/mol. The molecule has 2 rings (SSSR count). The molecule has 1 amide bonds. The van der Waals surface area contributed by atoms with Crippen molar-refractivity contribution in [3.05, 3.63) is 35.4 Å². The maximum Gasteiger partial charge on any atom is 0.416 e. The van der Waals surface area contributed by atoms with Gasteiger partial charge >= 0.3 is 12.1 Å². The summed E-state index contributed by atoms with van der Waals surface area (Å²) in [6.07, 6.45) is -1.34. The number of halogens is 3. The molecule has 1 aromatic carbocycles. The molecule has 4 nitrogen and oxygen atoms in total. The van der Waals surface area contributed by atoms with Crippen LogP contribution in [0.25, 0.3) is 0 Å². The van der Waals surface area contributed by atoms with E-state index in [0.717, 1.165) is 49.9 Å². The van der Waals surface area contributed by atoms with E-state index in [4.69, 9.17) is 4.74 Å². The second kappa shape index (κ2) is 7.89. The number of esters is 1. The van der Waals surface area contributed by atoms with Crippen LogP contribution < -0.4 is 5.32 Å².